The fraction of sp³-hybridized carbons (Fsp3) is 0.273. The molecule has 2 fully saturated rings. The predicted molar refractivity (Wildman–Crippen MR) is 102 cm³/mol. The molecule has 2 aromatic carbocycles. The van der Waals surface area contributed by atoms with Crippen LogP contribution in [0, 0.1) is 0 Å². The minimum atomic E-state index is -1.20. The molecule has 0 aromatic heterocycles. The van der Waals surface area contributed by atoms with E-state index >= 15 is 0 Å². The van der Waals surface area contributed by atoms with Crippen LogP contribution in [0.4, 0.5) is 5.69 Å². The second-order valence-electron chi connectivity index (χ2n) is 6.75. The molecule has 0 aliphatic carbocycles. The lowest BCUT2D eigenvalue weighted by Crippen LogP contribution is -2.45. The van der Waals surface area contributed by atoms with Gasteiger partial charge in [-0.3, -0.25) is 9.59 Å². The highest BCUT2D eigenvalue weighted by Gasteiger charge is 2.57. The molecule has 1 atom stereocenters. The molecule has 2 aliphatic heterocycles. The highest BCUT2D eigenvalue weighted by Crippen LogP contribution is 2.42. The van der Waals surface area contributed by atoms with E-state index in [9.17, 15) is 9.59 Å². The topological polar surface area (TPSA) is 55.8 Å². The molecule has 138 valence electrons. The van der Waals surface area contributed by atoms with E-state index in [0.717, 1.165) is 18.4 Å². The summed E-state index contributed by atoms with van der Waals surface area (Å²) < 4.78 is 11.3. The first-order valence-electron chi connectivity index (χ1n) is 9.10. The average molecular weight is 363 g/mol. The lowest BCUT2D eigenvalue weighted by Gasteiger charge is -2.32. The zero-order valence-electron chi connectivity index (χ0n) is 15.2. The number of anilines is 1. The molecule has 0 bridgehead atoms. The first-order chi connectivity index (χ1) is 13.2. The summed E-state index contributed by atoms with van der Waals surface area (Å²) in [4.78, 5) is 27.9. The van der Waals surface area contributed by atoms with Crippen molar-refractivity contribution in [2.75, 3.05) is 18.6 Å². The number of carbonyl (C=O) groups is 2. The monoisotopic (exact) mass is 363 g/mol. The Labute approximate surface area is 158 Å². The van der Waals surface area contributed by atoms with Gasteiger partial charge >= 0.3 is 0 Å². The van der Waals surface area contributed by atoms with Crippen LogP contribution in [0.25, 0.3) is 6.08 Å². The highest BCUT2D eigenvalue weighted by molar-refractivity contribution is 6.33. The highest BCUT2D eigenvalue weighted by atomic mass is 16.5. The Morgan fingerprint density at radius 3 is 2.59 bits per heavy atom. The lowest BCUT2D eigenvalue weighted by atomic mass is 9.86. The van der Waals surface area contributed by atoms with Gasteiger partial charge in [-0.2, -0.15) is 0 Å². The summed E-state index contributed by atoms with van der Waals surface area (Å²) >= 11 is 0. The summed E-state index contributed by atoms with van der Waals surface area (Å²) in [5.74, 6) is 0.0723. The van der Waals surface area contributed by atoms with Gasteiger partial charge < -0.3 is 9.47 Å². The summed E-state index contributed by atoms with van der Waals surface area (Å²) in [5.41, 5.74) is 0.558. The number of benzene rings is 2. The van der Waals surface area contributed by atoms with E-state index in [1.165, 1.54) is 4.90 Å². The third-order valence-electron chi connectivity index (χ3n) is 5.11. The van der Waals surface area contributed by atoms with Gasteiger partial charge in [-0.05, 0) is 55.2 Å². The van der Waals surface area contributed by atoms with Crippen LogP contribution in [-0.2, 0) is 14.3 Å². The Hall–Kier alpha value is -2.92. The van der Waals surface area contributed by atoms with Crippen molar-refractivity contribution in [1.29, 1.82) is 0 Å². The molecule has 0 saturated carbocycles. The van der Waals surface area contributed by atoms with E-state index in [2.05, 4.69) is 0 Å². The van der Waals surface area contributed by atoms with Crippen molar-refractivity contribution < 1.29 is 19.1 Å². The molecule has 2 amide bonds. The fourth-order valence-electron chi connectivity index (χ4n) is 3.74. The van der Waals surface area contributed by atoms with Gasteiger partial charge in [-0.15, -0.1) is 0 Å². The van der Waals surface area contributed by atoms with Crippen LogP contribution in [0.2, 0.25) is 0 Å². The van der Waals surface area contributed by atoms with Gasteiger partial charge in [0.1, 0.15) is 5.75 Å². The zero-order valence-corrected chi connectivity index (χ0v) is 15.2. The quantitative estimate of drug-likeness (QED) is 0.618. The summed E-state index contributed by atoms with van der Waals surface area (Å²) in [6, 6.07) is 16.4. The lowest BCUT2D eigenvalue weighted by molar-refractivity contribution is -0.140. The Balaban J connectivity index is 1.83. The molecule has 2 aromatic rings. The van der Waals surface area contributed by atoms with Crippen LogP contribution in [0.15, 0.2) is 60.2 Å². The minimum Gasteiger partial charge on any atom is -0.497 e. The van der Waals surface area contributed by atoms with Crippen molar-refractivity contribution in [3.63, 3.8) is 0 Å². The van der Waals surface area contributed by atoms with Crippen molar-refractivity contribution in [3.8, 4) is 5.75 Å². The molecule has 1 unspecified atom stereocenters. The minimum absolute atomic E-state index is 0.299. The van der Waals surface area contributed by atoms with E-state index in [1.54, 1.807) is 25.3 Å². The van der Waals surface area contributed by atoms with Gasteiger partial charge in [0, 0.05) is 6.61 Å². The summed E-state index contributed by atoms with van der Waals surface area (Å²) in [6.07, 6.45) is 4.01. The zero-order chi connectivity index (χ0) is 18.9. The van der Waals surface area contributed by atoms with E-state index in [0.29, 0.717) is 30.0 Å². The smallest absolute Gasteiger partial charge is 0.271 e. The molecule has 2 heterocycles. The number of para-hydroxylation sites is 1. The number of hydrogen-bond donors (Lipinski definition) is 0. The van der Waals surface area contributed by atoms with E-state index in [-0.39, 0.29) is 11.8 Å². The maximum Gasteiger partial charge on any atom is 0.271 e. The summed E-state index contributed by atoms with van der Waals surface area (Å²) in [6.45, 7) is 0.469. The largest absolute Gasteiger partial charge is 0.497 e. The van der Waals surface area contributed by atoms with E-state index in [1.807, 2.05) is 42.5 Å². The maximum atomic E-state index is 13.3. The van der Waals surface area contributed by atoms with Gasteiger partial charge in [-0.25, -0.2) is 4.90 Å². The Morgan fingerprint density at radius 1 is 1.07 bits per heavy atom. The number of nitrogens with zero attached hydrogens (tertiary/aromatic N) is 1. The van der Waals surface area contributed by atoms with Gasteiger partial charge in [0.15, 0.2) is 5.60 Å². The van der Waals surface area contributed by atoms with Crippen LogP contribution in [0.5, 0.6) is 5.75 Å². The molecule has 0 N–H and O–H groups in total. The molecule has 2 saturated heterocycles. The van der Waals surface area contributed by atoms with Crippen molar-refractivity contribution in [2.24, 2.45) is 0 Å². The standard InChI is InChI=1S/C22H21NO4/c1-26-18-11-7-8-16(14-18)15-19-20(24)23(17-9-3-2-4-10-17)21(25)22(19)12-5-6-13-27-22/h2-4,7-11,14-15H,5-6,12-13H2,1H3/b19-15-. The normalized spacial score (nSPS) is 24.0. The maximum absolute atomic E-state index is 13.3. The molecule has 0 radical (unpaired) electrons. The summed E-state index contributed by atoms with van der Waals surface area (Å²) in [7, 11) is 1.60. The number of rotatable bonds is 3. The van der Waals surface area contributed by atoms with E-state index < -0.39 is 5.60 Å². The van der Waals surface area contributed by atoms with Crippen LogP contribution in [-0.4, -0.2) is 31.1 Å². The molecular weight excluding hydrogens is 342 g/mol. The van der Waals surface area contributed by atoms with Gasteiger partial charge in [0.2, 0.25) is 0 Å². The number of carbonyl (C=O) groups excluding carboxylic acids is 2. The van der Waals surface area contributed by atoms with Gasteiger partial charge in [0.05, 0.1) is 18.4 Å². The second kappa shape index (κ2) is 7.00. The second-order valence-corrected chi connectivity index (χ2v) is 6.75. The molecule has 4 rings (SSSR count). The Morgan fingerprint density at radius 2 is 1.89 bits per heavy atom. The first kappa shape index (κ1) is 17.5. The van der Waals surface area contributed by atoms with Gasteiger partial charge in [-0.1, -0.05) is 30.3 Å². The van der Waals surface area contributed by atoms with Crippen LogP contribution < -0.4 is 9.64 Å². The SMILES string of the molecule is COc1cccc(/C=C2/C(=O)N(c3ccccc3)C(=O)C23CCCCO3)c1. The van der Waals surface area contributed by atoms with E-state index in [4.69, 9.17) is 9.47 Å². The van der Waals surface area contributed by atoms with Crippen LogP contribution >= 0.6 is 0 Å². The first-order valence-corrected chi connectivity index (χ1v) is 9.10. The van der Waals surface area contributed by atoms with Crippen molar-refractivity contribution in [2.45, 2.75) is 24.9 Å². The van der Waals surface area contributed by atoms with Crippen LogP contribution in [0.1, 0.15) is 24.8 Å². The predicted octanol–water partition coefficient (Wildman–Crippen LogP) is 3.59. The fourth-order valence-corrected chi connectivity index (χ4v) is 3.74. The molecule has 27 heavy (non-hydrogen) atoms. The summed E-state index contributed by atoms with van der Waals surface area (Å²) in [5, 5.41) is 0. The Bertz CT molecular complexity index is 898. The van der Waals surface area contributed by atoms with Crippen molar-refractivity contribution in [3.05, 3.63) is 65.7 Å². The molecule has 1 spiro atoms. The van der Waals surface area contributed by atoms with Gasteiger partial charge in [0.25, 0.3) is 11.8 Å². The third-order valence-corrected chi connectivity index (χ3v) is 5.11. The number of amides is 2. The number of imide groups is 1. The number of hydrogen-bond acceptors (Lipinski definition) is 4. The Kier molecular flexibility index (Phi) is 4.54. The third kappa shape index (κ3) is 2.94. The number of methoxy groups -OCH3 is 1. The molecule has 2 aliphatic rings. The average Bonchev–Trinajstić information content (AvgIpc) is 2.91. The molecular formula is C22H21NO4. The van der Waals surface area contributed by atoms with Crippen molar-refractivity contribution in [1.82, 2.24) is 0 Å². The van der Waals surface area contributed by atoms with Crippen molar-refractivity contribution >= 4 is 23.6 Å². The number of ether oxygens (including phenoxy) is 2. The molecule has 5 heteroatoms. The van der Waals surface area contributed by atoms with Crippen LogP contribution in [0.3, 0.4) is 0 Å². The molecule has 5 nitrogen and oxygen atoms in total.